The molecule has 5 heteroatoms. The van der Waals surface area contributed by atoms with Crippen LogP contribution >= 0.6 is 0 Å². The Balaban J connectivity index is 3.07. The minimum Gasteiger partial charge on any atom is -0.496 e. The Hall–Kier alpha value is -2.04. The molecule has 0 unspecified atom stereocenters. The van der Waals surface area contributed by atoms with Crippen molar-refractivity contribution in [2.45, 2.75) is 26.3 Å². The van der Waals surface area contributed by atoms with E-state index in [0.29, 0.717) is 11.3 Å². The highest BCUT2D eigenvalue weighted by Crippen LogP contribution is 2.21. The molecule has 0 aliphatic heterocycles. The predicted octanol–water partition coefficient (Wildman–Crippen LogP) is 1.94. The number of likely N-dealkylation sites (N-methyl/N-ethyl adjacent to an activating group) is 1. The summed E-state index contributed by atoms with van der Waals surface area (Å²) in [5, 5.41) is 9.13. The SMILES string of the molecule is COc1ccc(C(=O)N(C)C(C)(C)C(=O)O)cc1C. The summed E-state index contributed by atoms with van der Waals surface area (Å²) >= 11 is 0. The van der Waals surface area contributed by atoms with Crippen LogP contribution in [0.3, 0.4) is 0 Å². The molecule has 0 saturated heterocycles. The number of amides is 1. The van der Waals surface area contributed by atoms with Crippen molar-refractivity contribution in [1.29, 1.82) is 0 Å². The van der Waals surface area contributed by atoms with Crippen LogP contribution in [-0.4, -0.2) is 41.6 Å². The standard InChI is InChI=1S/C14H19NO4/c1-9-8-10(6-7-11(9)19-5)12(16)15(4)14(2,3)13(17)18/h6-8H,1-5H3,(H,17,18). The van der Waals surface area contributed by atoms with Gasteiger partial charge in [-0.3, -0.25) is 4.79 Å². The number of carbonyl (C=O) groups is 2. The number of carbonyl (C=O) groups excluding carboxylic acids is 1. The lowest BCUT2D eigenvalue weighted by Crippen LogP contribution is -2.50. The molecule has 0 radical (unpaired) electrons. The molecule has 1 amide bonds. The molecule has 0 aliphatic rings. The second kappa shape index (κ2) is 5.30. The molecule has 104 valence electrons. The Morgan fingerprint density at radius 3 is 2.32 bits per heavy atom. The molecule has 0 fully saturated rings. The van der Waals surface area contributed by atoms with Gasteiger partial charge in [0, 0.05) is 12.6 Å². The lowest BCUT2D eigenvalue weighted by Gasteiger charge is -2.31. The minimum atomic E-state index is -1.26. The molecule has 0 spiro atoms. The number of nitrogens with zero attached hydrogens (tertiary/aromatic N) is 1. The lowest BCUT2D eigenvalue weighted by molar-refractivity contribution is -0.147. The zero-order valence-corrected chi connectivity index (χ0v) is 11.9. The number of hydrogen-bond acceptors (Lipinski definition) is 3. The average molecular weight is 265 g/mol. The molecule has 0 heterocycles. The quantitative estimate of drug-likeness (QED) is 0.903. The number of methoxy groups -OCH3 is 1. The fourth-order valence-corrected chi connectivity index (χ4v) is 1.60. The van der Waals surface area contributed by atoms with Crippen molar-refractivity contribution in [3.63, 3.8) is 0 Å². The number of hydrogen-bond donors (Lipinski definition) is 1. The second-order valence-corrected chi connectivity index (χ2v) is 4.91. The maximum atomic E-state index is 12.3. The van der Waals surface area contributed by atoms with E-state index in [1.807, 2.05) is 6.92 Å². The molecular formula is C14H19NO4. The van der Waals surface area contributed by atoms with Crippen LogP contribution in [0.25, 0.3) is 0 Å². The Morgan fingerprint density at radius 1 is 1.32 bits per heavy atom. The zero-order valence-electron chi connectivity index (χ0n) is 11.9. The Kier molecular flexibility index (Phi) is 4.19. The van der Waals surface area contributed by atoms with Crippen molar-refractivity contribution in [3.05, 3.63) is 29.3 Å². The Morgan fingerprint density at radius 2 is 1.89 bits per heavy atom. The number of carboxylic acid groups (broad SMARTS) is 1. The minimum absolute atomic E-state index is 0.335. The first-order valence-corrected chi connectivity index (χ1v) is 5.88. The van der Waals surface area contributed by atoms with E-state index in [1.165, 1.54) is 25.8 Å². The molecule has 1 aromatic carbocycles. The maximum absolute atomic E-state index is 12.3. The normalized spacial score (nSPS) is 11.0. The van der Waals surface area contributed by atoms with E-state index in [1.54, 1.807) is 25.3 Å². The van der Waals surface area contributed by atoms with Gasteiger partial charge in [-0.25, -0.2) is 4.79 Å². The number of carboxylic acids is 1. The van der Waals surface area contributed by atoms with Gasteiger partial charge in [0.25, 0.3) is 5.91 Å². The third-order valence-electron chi connectivity index (χ3n) is 3.31. The van der Waals surface area contributed by atoms with Crippen molar-refractivity contribution in [1.82, 2.24) is 4.90 Å². The van der Waals surface area contributed by atoms with Gasteiger partial charge in [-0.15, -0.1) is 0 Å². The van der Waals surface area contributed by atoms with Crippen molar-refractivity contribution < 1.29 is 19.4 Å². The summed E-state index contributed by atoms with van der Waals surface area (Å²) in [5.74, 6) is -0.691. The van der Waals surface area contributed by atoms with Gasteiger partial charge >= 0.3 is 5.97 Å². The molecule has 0 atom stereocenters. The number of aliphatic carboxylic acids is 1. The van der Waals surface area contributed by atoms with E-state index in [-0.39, 0.29) is 5.91 Å². The topological polar surface area (TPSA) is 66.8 Å². The molecule has 0 saturated carbocycles. The van der Waals surface area contributed by atoms with E-state index in [4.69, 9.17) is 9.84 Å². The lowest BCUT2D eigenvalue weighted by atomic mass is 10.0. The Labute approximate surface area is 112 Å². The highest BCUT2D eigenvalue weighted by atomic mass is 16.5. The molecular weight excluding hydrogens is 246 g/mol. The first-order chi connectivity index (χ1) is 8.71. The zero-order chi connectivity index (χ0) is 14.8. The molecule has 0 aromatic heterocycles. The van der Waals surface area contributed by atoms with Gasteiger partial charge in [0.15, 0.2) is 0 Å². The number of benzene rings is 1. The van der Waals surface area contributed by atoms with Gasteiger partial charge in [-0.2, -0.15) is 0 Å². The summed E-state index contributed by atoms with van der Waals surface area (Å²) in [6.07, 6.45) is 0. The van der Waals surface area contributed by atoms with Crippen LogP contribution in [0.1, 0.15) is 29.8 Å². The van der Waals surface area contributed by atoms with Crippen LogP contribution in [0, 0.1) is 6.92 Å². The largest absolute Gasteiger partial charge is 0.496 e. The van der Waals surface area contributed by atoms with Crippen LogP contribution in [0.5, 0.6) is 5.75 Å². The second-order valence-electron chi connectivity index (χ2n) is 4.91. The summed E-state index contributed by atoms with van der Waals surface area (Å²) in [5.41, 5.74) is 0.00951. The first-order valence-electron chi connectivity index (χ1n) is 5.88. The summed E-state index contributed by atoms with van der Waals surface area (Å²) in [6.45, 7) is 4.81. The number of ether oxygens (including phenoxy) is 1. The van der Waals surface area contributed by atoms with E-state index in [0.717, 1.165) is 5.56 Å². The average Bonchev–Trinajstić information content (AvgIpc) is 2.36. The van der Waals surface area contributed by atoms with E-state index >= 15 is 0 Å². The summed E-state index contributed by atoms with van der Waals surface area (Å²) in [4.78, 5) is 24.6. The van der Waals surface area contributed by atoms with Crippen LogP contribution in [-0.2, 0) is 4.79 Å². The first kappa shape index (κ1) is 15.0. The van der Waals surface area contributed by atoms with E-state index in [2.05, 4.69) is 0 Å². The molecule has 5 nitrogen and oxygen atoms in total. The molecule has 1 rings (SSSR count). The van der Waals surface area contributed by atoms with Gasteiger partial charge in [0.05, 0.1) is 7.11 Å². The molecule has 19 heavy (non-hydrogen) atoms. The van der Waals surface area contributed by atoms with Crippen molar-refractivity contribution in [3.8, 4) is 5.75 Å². The van der Waals surface area contributed by atoms with Crippen LogP contribution in [0.4, 0.5) is 0 Å². The summed E-state index contributed by atoms with van der Waals surface area (Å²) in [6, 6.07) is 5.02. The highest BCUT2D eigenvalue weighted by molar-refractivity contribution is 5.97. The van der Waals surface area contributed by atoms with Gasteiger partial charge in [-0.1, -0.05) is 0 Å². The monoisotopic (exact) mass is 265 g/mol. The third-order valence-corrected chi connectivity index (χ3v) is 3.31. The summed E-state index contributed by atoms with van der Waals surface area (Å²) < 4.78 is 5.13. The van der Waals surface area contributed by atoms with Crippen LogP contribution < -0.4 is 4.74 Å². The predicted molar refractivity (Wildman–Crippen MR) is 71.5 cm³/mol. The Bertz CT molecular complexity index is 508. The molecule has 1 N–H and O–H groups in total. The molecule has 0 aliphatic carbocycles. The van der Waals surface area contributed by atoms with Gasteiger partial charge < -0.3 is 14.7 Å². The summed E-state index contributed by atoms with van der Waals surface area (Å²) in [7, 11) is 3.04. The smallest absolute Gasteiger partial charge is 0.329 e. The fourth-order valence-electron chi connectivity index (χ4n) is 1.60. The van der Waals surface area contributed by atoms with E-state index < -0.39 is 11.5 Å². The number of rotatable bonds is 4. The molecule has 1 aromatic rings. The maximum Gasteiger partial charge on any atom is 0.329 e. The van der Waals surface area contributed by atoms with Gasteiger partial charge in [-0.05, 0) is 44.5 Å². The van der Waals surface area contributed by atoms with Crippen LogP contribution in [0.2, 0.25) is 0 Å². The molecule has 0 bridgehead atoms. The highest BCUT2D eigenvalue weighted by Gasteiger charge is 2.35. The third kappa shape index (κ3) is 2.86. The van der Waals surface area contributed by atoms with Crippen molar-refractivity contribution >= 4 is 11.9 Å². The van der Waals surface area contributed by atoms with Gasteiger partial charge in [0.2, 0.25) is 0 Å². The fraction of sp³-hybridized carbons (Fsp3) is 0.429. The van der Waals surface area contributed by atoms with Crippen LogP contribution in [0.15, 0.2) is 18.2 Å². The number of aryl methyl sites for hydroxylation is 1. The van der Waals surface area contributed by atoms with Gasteiger partial charge in [0.1, 0.15) is 11.3 Å². The van der Waals surface area contributed by atoms with Crippen molar-refractivity contribution in [2.24, 2.45) is 0 Å². The van der Waals surface area contributed by atoms with Crippen molar-refractivity contribution in [2.75, 3.05) is 14.2 Å². The van der Waals surface area contributed by atoms with E-state index in [9.17, 15) is 9.59 Å².